The minimum atomic E-state index is -0.407. The number of pyridine rings is 1. The Morgan fingerprint density at radius 1 is 1.00 bits per heavy atom. The first-order chi connectivity index (χ1) is 21.5. The molecule has 5 heterocycles. The predicted octanol–water partition coefficient (Wildman–Crippen LogP) is 5.89. The van der Waals surface area contributed by atoms with Crippen LogP contribution in [0.4, 0.5) is 0 Å². The van der Waals surface area contributed by atoms with E-state index >= 15 is 0 Å². The Labute approximate surface area is 260 Å². The summed E-state index contributed by atoms with van der Waals surface area (Å²) in [6, 6.07) is 18.1. The maximum Gasteiger partial charge on any atom is 0.226 e. The van der Waals surface area contributed by atoms with E-state index in [2.05, 4.69) is 43.6 Å². The molecule has 1 saturated heterocycles. The molecule has 2 aliphatic rings. The molecule has 0 bridgehead atoms. The zero-order valence-electron chi connectivity index (χ0n) is 24.4. The van der Waals surface area contributed by atoms with Crippen molar-refractivity contribution in [1.82, 2.24) is 35.2 Å². The Hall–Kier alpha value is -4.50. The number of piperidine rings is 1. The second kappa shape index (κ2) is 12.2. The van der Waals surface area contributed by atoms with Gasteiger partial charge in [0.1, 0.15) is 0 Å². The van der Waals surface area contributed by atoms with E-state index < -0.39 is 5.92 Å². The number of aromatic amines is 2. The summed E-state index contributed by atoms with van der Waals surface area (Å²) in [5, 5.41) is 16.5. The molecule has 224 valence electrons. The summed E-state index contributed by atoms with van der Waals surface area (Å²) in [4.78, 5) is 35.7. The Morgan fingerprint density at radius 3 is 2.59 bits per heavy atom. The van der Waals surface area contributed by atoms with Crippen molar-refractivity contribution in [3.63, 3.8) is 0 Å². The van der Waals surface area contributed by atoms with Crippen LogP contribution in [0, 0.1) is 5.92 Å². The Balaban J connectivity index is 1.06. The van der Waals surface area contributed by atoms with Crippen LogP contribution in [-0.4, -0.2) is 60.1 Å². The van der Waals surface area contributed by atoms with Gasteiger partial charge in [-0.3, -0.25) is 24.8 Å². The first-order valence-corrected chi connectivity index (χ1v) is 15.6. The van der Waals surface area contributed by atoms with E-state index in [1.807, 2.05) is 46.2 Å². The van der Waals surface area contributed by atoms with Crippen LogP contribution in [0.25, 0.3) is 22.2 Å². The number of nitrogens with zero attached hydrogens (tertiary/aromatic N) is 5. The number of aromatic nitrogens is 5. The first-order valence-electron chi connectivity index (χ1n) is 15.2. The zero-order chi connectivity index (χ0) is 30.0. The lowest BCUT2D eigenvalue weighted by molar-refractivity contribution is -0.143. The van der Waals surface area contributed by atoms with Crippen molar-refractivity contribution in [3.8, 4) is 11.3 Å². The van der Waals surface area contributed by atoms with Gasteiger partial charge in [-0.15, -0.1) is 0 Å². The van der Waals surface area contributed by atoms with E-state index in [0.29, 0.717) is 50.0 Å². The van der Waals surface area contributed by atoms with Crippen LogP contribution in [0.1, 0.15) is 54.0 Å². The lowest BCUT2D eigenvalue weighted by Gasteiger charge is -2.34. The van der Waals surface area contributed by atoms with E-state index in [-0.39, 0.29) is 18.2 Å². The van der Waals surface area contributed by atoms with Gasteiger partial charge in [-0.25, -0.2) is 0 Å². The molecule has 0 saturated carbocycles. The maximum absolute atomic E-state index is 14.1. The SMILES string of the molecule is O=C(C[C@@H]1CCc2cc(Cl)c3[nH]ncc3c2CN(Cc2ccncc2)C1=O)N1CCC(c2cc(-c3ccccc3)n[nH]2)CC1. The van der Waals surface area contributed by atoms with Gasteiger partial charge in [0.15, 0.2) is 0 Å². The molecule has 9 nitrogen and oxygen atoms in total. The smallest absolute Gasteiger partial charge is 0.226 e. The summed E-state index contributed by atoms with van der Waals surface area (Å²) < 4.78 is 0. The van der Waals surface area contributed by atoms with Gasteiger partial charge in [-0.05, 0) is 66.6 Å². The lowest BCUT2D eigenvalue weighted by atomic mass is 9.88. The second-order valence-corrected chi connectivity index (χ2v) is 12.3. The van der Waals surface area contributed by atoms with Crippen LogP contribution in [0.15, 0.2) is 73.2 Å². The van der Waals surface area contributed by atoms with E-state index in [0.717, 1.165) is 57.4 Å². The monoisotopic (exact) mass is 607 g/mol. The van der Waals surface area contributed by atoms with E-state index in [1.165, 1.54) is 0 Å². The number of carbonyl (C=O) groups excluding carboxylic acids is 2. The van der Waals surface area contributed by atoms with Gasteiger partial charge in [0.2, 0.25) is 11.8 Å². The van der Waals surface area contributed by atoms with Gasteiger partial charge in [0.25, 0.3) is 0 Å². The third kappa shape index (κ3) is 5.71. The molecule has 5 aromatic rings. The largest absolute Gasteiger partial charge is 0.343 e. The summed E-state index contributed by atoms with van der Waals surface area (Å²) >= 11 is 6.61. The number of carbonyl (C=O) groups is 2. The van der Waals surface area contributed by atoms with Gasteiger partial charge >= 0.3 is 0 Å². The van der Waals surface area contributed by atoms with Gasteiger partial charge in [0, 0.05) is 73.5 Å². The molecule has 10 heteroatoms. The fourth-order valence-electron chi connectivity index (χ4n) is 6.69. The molecule has 44 heavy (non-hydrogen) atoms. The van der Waals surface area contributed by atoms with Crippen LogP contribution < -0.4 is 0 Å². The van der Waals surface area contributed by atoms with Gasteiger partial charge in [0.05, 0.1) is 22.4 Å². The number of fused-ring (bicyclic) bond motifs is 3. The van der Waals surface area contributed by atoms with Crippen molar-refractivity contribution in [3.05, 3.63) is 101 Å². The highest BCUT2D eigenvalue weighted by atomic mass is 35.5. The molecular weight excluding hydrogens is 574 g/mol. The van der Waals surface area contributed by atoms with Crippen molar-refractivity contribution in [2.24, 2.45) is 5.92 Å². The van der Waals surface area contributed by atoms with Crippen LogP contribution in [0.2, 0.25) is 5.02 Å². The van der Waals surface area contributed by atoms with Crippen molar-refractivity contribution >= 4 is 34.3 Å². The van der Waals surface area contributed by atoms with Crippen molar-refractivity contribution < 1.29 is 9.59 Å². The summed E-state index contributed by atoms with van der Waals surface area (Å²) in [7, 11) is 0. The molecule has 1 atom stereocenters. The molecule has 0 radical (unpaired) electrons. The first kappa shape index (κ1) is 28.3. The van der Waals surface area contributed by atoms with Crippen LogP contribution >= 0.6 is 11.6 Å². The minimum Gasteiger partial charge on any atom is -0.343 e. The number of aryl methyl sites for hydroxylation is 1. The van der Waals surface area contributed by atoms with Gasteiger partial charge < -0.3 is 9.80 Å². The average Bonchev–Trinajstić information content (AvgIpc) is 3.76. The molecule has 0 spiro atoms. The Bertz CT molecular complexity index is 1780. The highest BCUT2D eigenvalue weighted by Gasteiger charge is 2.33. The molecule has 2 amide bonds. The Kier molecular flexibility index (Phi) is 7.87. The molecular formula is C34H34ClN7O2. The topological polar surface area (TPSA) is 111 Å². The highest BCUT2D eigenvalue weighted by molar-refractivity contribution is 6.35. The number of amides is 2. The number of hydrogen-bond donors (Lipinski definition) is 2. The summed E-state index contributed by atoms with van der Waals surface area (Å²) in [6.07, 6.45) is 8.45. The molecule has 0 aliphatic carbocycles. The number of rotatable bonds is 6. The fourth-order valence-corrected chi connectivity index (χ4v) is 6.96. The van der Waals surface area contributed by atoms with Crippen molar-refractivity contribution in [1.29, 1.82) is 0 Å². The number of hydrogen-bond acceptors (Lipinski definition) is 5. The van der Waals surface area contributed by atoms with Crippen LogP contribution in [0.5, 0.6) is 0 Å². The summed E-state index contributed by atoms with van der Waals surface area (Å²) in [5.41, 5.74) is 7.07. The van der Waals surface area contributed by atoms with Gasteiger partial charge in [-0.2, -0.15) is 10.2 Å². The summed E-state index contributed by atoms with van der Waals surface area (Å²) in [5.74, 6) is -0.0310. The molecule has 2 aromatic carbocycles. The predicted molar refractivity (Wildman–Crippen MR) is 169 cm³/mol. The number of H-pyrrole nitrogens is 2. The molecule has 2 N–H and O–H groups in total. The molecule has 2 aliphatic heterocycles. The van der Waals surface area contributed by atoms with Crippen molar-refractivity contribution in [2.75, 3.05) is 13.1 Å². The number of nitrogens with one attached hydrogen (secondary N) is 2. The van der Waals surface area contributed by atoms with Crippen LogP contribution in [-0.2, 0) is 29.1 Å². The highest BCUT2D eigenvalue weighted by Crippen LogP contribution is 2.35. The van der Waals surface area contributed by atoms with E-state index in [1.54, 1.807) is 18.6 Å². The third-order valence-electron chi connectivity index (χ3n) is 9.16. The van der Waals surface area contributed by atoms with Gasteiger partial charge in [-0.1, -0.05) is 41.9 Å². The third-order valence-corrected chi connectivity index (χ3v) is 9.46. The minimum absolute atomic E-state index is 0.00759. The Morgan fingerprint density at radius 2 is 1.80 bits per heavy atom. The standard InChI is InChI=1S/C34H34ClN7O2/c35-29-16-25-6-7-26(34(44)42(20-22-8-12-36-13-9-22)21-28(25)27-19-37-40-33(27)29)17-32(43)41-14-10-24(11-15-41)31-18-30(38-39-31)23-4-2-1-3-5-23/h1-5,8-9,12-13,16,18-19,24,26H,6-7,10-11,14-15,17,20-21H2,(H,37,40)(H,38,39)/t26-/m0/s1. The maximum atomic E-state index is 14.1. The second-order valence-electron chi connectivity index (χ2n) is 11.9. The quantitative estimate of drug-likeness (QED) is 0.250. The van der Waals surface area contributed by atoms with E-state index in [4.69, 9.17) is 11.6 Å². The molecule has 1 fully saturated rings. The van der Waals surface area contributed by atoms with Crippen molar-refractivity contribution in [2.45, 2.75) is 51.1 Å². The number of halogens is 1. The number of likely N-dealkylation sites (tertiary alicyclic amines) is 1. The zero-order valence-corrected chi connectivity index (χ0v) is 25.1. The fraction of sp³-hybridized carbons (Fsp3) is 0.324. The lowest BCUT2D eigenvalue weighted by Crippen LogP contribution is -2.42. The average molecular weight is 608 g/mol. The molecule has 3 aromatic heterocycles. The molecule has 0 unspecified atom stereocenters. The summed E-state index contributed by atoms with van der Waals surface area (Å²) in [6.45, 7) is 2.20. The molecule has 7 rings (SSSR count). The normalized spacial score (nSPS) is 17.8. The van der Waals surface area contributed by atoms with E-state index in [9.17, 15) is 9.59 Å². The van der Waals surface area contributed by atoms with Crippen LogP contribution in [0.3, 0.4) is 0 Å². The number of benzene rings is 2.